The summed E-state index contributed by atoms with van der Waals surface area (Å²) in [6.45, 7) is 5.85. The SMILES string of the molecule is CN(CCNCC1CCOC1)Cc1ccccc1Cl. The van der Waals surface area contributed by atoms with Gasteiger partial charge in [-0.2, -0.15) is 0 Å². The van der Waals surface area contributed by atoms with Gasteiger partial charge in [-0.1, -0.05) is 29.8 Å². The van der Waals surface area contributed by atoms with Gasteiger partial charge in [0.05, 0.1) is 6.61 Å². The van der Waals surface area contributed by atoms with Gasteiger partial charge in [-0.25, -0.2) is 0 Å². The normalized spacial score (nSPS) is 19.2. The van der Waals surface area contributed by atoms with Crippen LogP contribution < -0.4 is 5.32 Å². The Hall–Kier alpha value is -0.610. The molecule has 106 valence electrons. The quantitative estimate of drug-likeness (QED) is 0.777. The summed E-state index contributed by atoms with van der Waals surface area (Å²) in [6.07, 6.45) is 1.20. The van der Waals surface area contributed by atoms with Crippen LogP contribution in [0.1, 0.15) is 12.0 Å². The maximum atomic E-state index is 6.16. The van der Waals surface area contributed by atoms with Crippen LogP contribution in [0.3, 0.4) is 0 Å². The first-order valence-corrected chi connectivity index (χ1v) is 7.34. The van der Waals surface area contributed by atoms with E-state index in [1.165, 1.54) is 12.0 Å². The molecule has 4 heteroatoms. The van der Waals surface area contributed by atoms with Crippen molar-refractivity contribution >= 4 is 11.6 Å². The van der Waals surface area contributed by atoms with Crippen molar-refractivity contribution in [3.05, 3.63) is 34.9 Å². The second kappa shape index (κ2) is 7.85. The number of likely N-dealkylation sites (N-methyl/N-ethyl adjacent to an activating group) is 1. The number of hydrogen-bond acceptors (Lipinski definition) is 3. The van der Waals surface area contributed by atoms with Crippen LogP contribution in [0.25, 0.3) is 0 Å². The van der Waals surface area contributed by atoms with E-state index < -0.39 is 0 Å². The fourth-order valence-electron chi connectivity index (χ4n) is 2.32. The Morgan fingerprint density at radius 3 is 3.00 bits per heavy atom. The van der Waals surface area contributed by atoms with E-state index in [1.807, 2.05) is 18.2 Å². The van der Waals surface area contributed by atoms with Crippen LogP contribution in [0.15, 0.2) is 24.3 Å². The summed E-state index contributed by atoms with van der Waals surface area (Å²) in [5.41, 5.74) is 1.19. The van der Waals surface area contributed by atoms with E-state index in [-0.39, 0.29) is 0 Å². The fourth-order valence-corrected chi connectivity index (χ4v) is 2.51. The topological polar surface area (TPSA) is 24.5 Å². The van der Waals surface area contributed by atoms with Crippen molar-refractivity contribution in [2.24, 2.45) is 5.92 Å². The highest BCUT2D eigenvalue weighted by Crippen LogP contribution is 2.16. The van der Waals surface area contributed by atoms with Gasteiger partial charge >= 0.3 is 0 Å². The van der Waals surface area contributed by atoms with Gasteiger partial charge in [0.25, 0.3) is 0 Å². The minimum absolute atomic E-state index is 0.703. The Kier molecular flexibility index (Phi) is 6.11. The van der Waals surface area contributed by atoms with E-state index in [4.69, 9.17) is 16.3 Å². The summed E-state index contributed by atoms with van der Waals surface area (Å²) in [6, 6.07) is 8.04. The van der Waals surface area contributed by atoms with Crippen molar-refractivity contribution in [3.8, 4) is 0 Å². The van der Waals surface area contributed by atoms with Gasteiger partial charge in [-0.15, -0.1) is 0 Å². The number of hydrogen-bond donors (Lipinski definition) is 1. The molecule has 1 unspecified atom stereocenters. The molecule has 1 heterocycles. The molecule has 1 saturated heterocycles. The summed E-state index contributed by atoms with van der Waals surface area (Å²) >= 11 is 6.16. The Morgan fingerprint density at radius 1 is 1.42 bits per heavy atom. The summed E-state index contributed by atoms with van der Waals surface area (Å²) in [5, 5.41) is 4.36. The minimum atomic E-state index is 0.703. The summed E-state index contributed by atoms with van der Waals surface area (Å²) < 4.78 is 5.36. The van der Waals surface area contributed by atoms with Crippen LogP contribution in [-0.4, -0.2) is 44.8 Å². The third kappa shape index (κ3) is 5.11. The first-order chi connectivity index (χ1) is 9.25. The van der Waals surface area contributed by atoms with E-state index in [2.05, 4.69) is 23.3 Å². The second-order valence-corrected chi connectivity index (χ2v) is 5.67. The van der Waals surface area contributed by atoms with E-state index in [0.717, 1.165) is 44.4 Å². The zero-order valence-corrected chi connectivity index (χ0v) is 12.3. The number of ether oxygens (including phenoxy) is 1. The molecule has 3 nitrogen and oxygen atoms in total. The lowest BCUT2D eigenvalue weighted by atomic mass is 10.1. The van der Waals surface area contributed by atoms with Gasteiger partial charge in [-0.3, -0.25) is 0 Å². The lowest BCUT2D eigenvalue weighted by molar-refractivity contribution is 0.185. The van der Waals surface area contributed by atoms with Crippen LogP contribution in [0, 0.1) is 5.92 Å². The number of halogens is 1. The molecular weight excluding hydrogens is 260 g/mol. The van der Waals surface area contributed by atoms with E-state index >= 15 is 0 Å². The third-order valence-electron chi connectivity index (χ3n) is 3.53. The zero-order valence-electron chi connectivity index (χ0n) is 11.6. The molecule has 0 amide bonds. The maximum absolute atomic E-state index is 6.16. The van der Waals surface area contributed by atoms with Gasteiger partial charge < -0.3 is 15.0 Å². The molecule has 0 bridgehead atoms. The standard InChI is InChI=1S/C15H23ClN2O/c1-18(11-14-4-2-3-5-15(14)16)8-7-17-10-13-6-9-19-12-13/h2-5,13,17H,6-12H2,1H3. The van der Waals surface area contributed by atoms with Gasteiger partial charge in [-0.05, 0) is 31.0 Å². The predicted octanol–water partition coefficient (Wildman–Crippen LogP) is 2.40. The number of benzene rings is 1. The second-order valence-electron chi connectivity index (χ2n) is 5.26. The summed E-state index contributed by atoms with van der Waals surface area (Å²) in [4.78, 5) is 2.29. The highest BCUT2D eigenvalue weighted by Gasteiger charge is 2.14. The molecule has 0 aromatic heterocycles. The molecule has 1 aliphatic rings. The maximum Gasteiger partial charge on any atom is 0.0507 e. The third-order valence-corrected chi connectivity index (χ3v) is 3.89. The smallest absolute Gasteiger partial charge is 0.0507 e. The largest absolute Gasteiger partial charge is 0.381 e. The van der Waals surface area contributed by atoms with E-state index in [1.54, 1.807) is 0 Å². The molecule has 0 aliphatic carbocycles. The Balaban J connectivity index is 1.61. The molecular formula is C15H23ClN2O. The van der Waals surface area contributed by atoms with E-state index in [9.17, 15) is 0 Å². The molecule has 1 aromatic carbocycles. The highest BCUT2D eigenvalue weighted by atomic mass is 35.5. The Bertz CT molecular complexity index is 380. The average Bonchev–Trinajstić information content (AvgIpc) is 2.91. The Morgan fingerprint density at radius 2 is 2.26 bits per heavy atom. The molecule has 1 fully saturated rings. The molecule has 19 heavy (non-hydrogen) atoms. The Labute approximate surface area is 120 Å². The minimum Gasteiger partial charge on any atom is -0.381 e. The monoisotopic (exact) mass is 282 g/mol. The van der Waals surface area contributed by atoms with Gasteiger partial charge in [0, 0.05) is 37.8 Å². The van der Waals surface area contributed by atoms with Crippen LogP contribution in [0.2, 0.25) is 5.02 Å². The molecule has 1 atom stereocenters. The lowest BCUT2D eigenvalue weighted by Gasteiger charge is -2.18. The van der Waals surface area contributed by atoms with Crippen LogP contribution in [0.5, 0.6) is 0 Å². The van der Waals surface area contributed by atoms with Gasteiger partial charge in [0.1, 0.15) is 0 Å². The highest BCUT2D eigenvalue weighted by molar-refractivity contribution is 6.31. The van der Waals surface area contributed by atoms with Crippen molar-refractivity contribution in [1.82, 2.24) is 10.2 Å². The summed E-state index contributed by atoms with van der Waals surface area (Å²) in [7, 11) is 2.13. The lowest BCUT2D eigenvalue weighted by Crippen LogP contribution is -2.32. The van der Waals surface area contributed by atoms with Crippen molar-refractivity contribution in [3.63, 3.8) is 0 Å². The van der Waals surface area contributed by atoms with Gasteiger partial charge in [0.15, 0.2) is 0 Å². The van der Waals surface area contributed by atoms with Crippen molar-refractivity contribution in [2.75, 3.05) is 39.9 Å². The average molecular weight is 283 g/mol. The van der Waals surface area contributed by atoms with Crippen molar-refractivity contribution in [1.29, 1.82) is 0 Å². The van der Waals surface area contributed by atoms with Crippen LogP contribution >= 0.6 is 11.6 Å². The molecule has 0 radical (unpaired) electrons. The molecule has 1 aliphatic heterocycles. The summed E-state index contributed by atoms with van der Waals surface area (Å²) in [5.74, 6) is 0.703. The van der Waals surface area contributed by atoms with Crippen molar-refractivity contribution < 1.29 is 4.74 Å². The van der Waals surface area contributed by atoms with Crippen molar-refractivity contribution in [2.45, 2.75) is 13.0 Å². The predicted molar refractivity (Wildman–Crippen MR) is 79.6 cm³/mol. The molecule has 1 aromatic rings. The first-order valence-electron chi connectivity index (χ1n) is 6.96. The molecule has 0 saturated carbocycles. The molecule has 2 rings (SSSR count). The van der Waals surface area contributed by atoms with Crippen LogP contribution in [-0.2, 0) is 11.3 Å². The van der Waals surface area contributed by atoms with Gasteiger partial charge in [0.2, 0.25) is 0 Å². The number of rotatable bonds is 7. The van der Waals surface area contributed by atoms with E-state index in [0.29, 0.717) is 5.92 Å². The number of nitrogens with one attached hydrogen (secondary N) is 1. The molecule has 1 N–H and O–H groups in total. The van der Waals surface area contributed by atoms with Crippen LogP contribution in [0.4, 0.5) is 0 Å². The zero-order chi connectivity index (χ0) is 13.5. The molecule has 0 spiro atoms. The fraction of sp³-hybridized carbons (Fsp3) is 0.600. The first kappa shape index (κ1) is 14.8. The number of nitrogens with zero attached hydrogens (tertiary/aromatic N) is 1.